The molecule has 5 nitrogen and oxygen atoms in total. The van der Waals surface area contributed by atoms with Crippen LogP contribution in [-0.2, 0) is 17.6 Å². The van der Waals surface area contributed by atoms with Gasteiger partial charge in [-0.15, -0.1) is 0 Å². The number of Topliss-reactive ketones (excluding diaryl/α,β-unsaturated/α-hetero) is 1. The number of hydrogen-bond acceptors (Lipinski definition) is 5. The van der Waals surface area contributed by atoms with Crippen LogP contribution < -0.4 is 10.5 Å². The van der Waals surface area contributed by atoms with Gasteiger partial charge in [0.25, 0.3) is 0 Å². The number of anilines is 1. The molecule has 1 unspecified atom stereocenters. The molecule has 1 fully saturated rings. The number of ketones is 1. The minimum Gasteiger partial charge on any atom is -0.422 e. The van der Waals surface area contributed by atoms with E-state index in [2.05, 4.69) is 11.0 Å². The van der Waals surface area contributed by atoms with E-state index in [1.165, 1.54) is 11.3 Å². The van der Waals surface area contributed by atoms with Crippen molar-refractivity contribution in [3.63, 3.8) is 0 Å². The van der Waals surface area contributed by atoms with E-state index >= 15 is 0 Å². The molecule has 1 aromatic heterocycles. The molecular formula is C18H17NO4. The summed E-state index contributed by atoms with van der Waals surface area (Å²) in [6.07, 6.45) is 3.74. The number of ether oxygens (including phenoxy) is 1. The van der Waals surface area contributed by atoms with E-state index in [4.69, 9.17) is 9.15 Å². The van der Waals surface area contributed by atoms with E-state index in [1.807, 2.05) is 0 Å². The van der Waals surface area contributed by atoms with E-state index in [-0.39, 0.29) is 11.3 Å². The molecule has 0 radical (unpaired) electrons. The van der Waals surface area contributed by atoms with Crippen LogP contribution in [0, 0.1) is 0 Å². The highest BCUT2D eigenvalue weighted by Crippen LogP contribution is 2.39. The van der Waals surface area contributed by atoms with Crippen molar-refractivity contribution in [2.75, 3.05) is 24.6 Å². The summed E-state index contributed by atoms with van der Waals surface area (Å²) in [4.78, 5) is 26.9. The molecule has 0 amide bonds. The largest absolute Gasteiger partial charge is 0.422 e. The predicted octanol–water partition coefficient (Wildman–Crippen LogP) is 2.07. The molecule has 0 spiro atoms. The molecule has 0 aliphatic carbocycles. The zero-order valence-corrected chi connectivity index (χ0v) is 12.8. The Morgan fingerprint density at radius 3 is 2.74 bits per heavy atom. The van der Waals surface area contributed by atoms with Gasteiger partial charge < -0.3 is 14.1 Å². The molecule has 2 aromatic rings. The first-order chi connectivity index (χ1) is 11.2. The van der Waals surface area contributed by atoms with Crippen LogP contribution >= 0.6 is 0 Å². The summed E-state index contributed by atoms with van der Waals surface area (Å²) in [6.45, 7) is 2.55. The fourth-order valence-electron chi connectivity index (χ4n) is 3.99. The van der Waals surface area contributed by atoms with Crippen LogP contribution in [0.5, 0.6) is 0 Å². The zero-order valence-electron chi connectivity index (χ0n) is 12.8. The van der Waals surface area contributed by atoms with Crippen LogP contribution in [0.15, 0.2) is 21.3 Å². The Labute approximate surface area is 132 Å². The van der Waals surface area contributed by atoms with Crippen molar-refractivity contribution in [3.05, 3.63) is 39.2 Å². The highest BCUT2D eigenvalue weighted by Gasteiger charge is 2.35. The molecule has 0 N–H and O–H groups in total. The SMILES string of the molecule is O=C(c1cc2cc3c4c(c2oc1=O)CCCN4CCC3)C1CO1. The maximum Gasteiger partial charge on any atom is 0.347 e. The third-order valence-electron chi connectivity index (χ3n) is 5.11. The Kier molecular flexibility index (Phi) is 2.71. The first-order valence-corrected chi connectivity index (χ1v) is 8.26. The lowest BCUT2D eigenvalue weighted by atomic mass is 9.90. The van der Waals surface area contributed by atoms with Gasteiger partial charge in [0, 0.05) is 29.7 Å². The van der Waals surface area contributed by atoms with Gasteiger partial charge in [-0.2, -0.15) is 0 Å². The second kappa shape index (κ2) is 4.68. The van der Waals surface area contributed by atoms with Crippen LogP contribution in [-0.4, -0.2) is 31.6 Å². The van der Waals surface area contributed by atoms with Crippen LogP contribution in [0.1, 0.15) is 34.3 Å². The van der Waals surface area contributed by atoms with Gasteiger partial charge in [-0.3, -0.25) is 4.79 Å². The van der Waals surface area contributed by atoms with Crippen molar-refractivity contribution in [1.82, 2.24) is 0 Å². The zero-order chi connectivity index (χ0) is 15.6. The average molecular weight is 311 g/mol. The third-order valence-corrected chi connectivity index (χ3v) is 5.11. The highest BCUT2D eigenvalue weighted by atomic mass is 16.6. The molecule has 5 heteroatoms. The van der Waals surface area contributed by atoms with E-state index in [1.54, 1.807) is 6.07 Å². The molecule has 4 heterocycles. The lowest BCUT2D eigenvalue weighted by Gasteiger charge is -2.37. The van der Waals surface area contributed by atoms with Gasteiger partial charge >= 0.3 is 5.63 Å². The Hall–Kier alpha value is -2.14. The van der Waals surface area contributed by atoms with Gasteiger partial charge in [0.1, 0.15) is 17.3 Å². The molecule has 1 atom stereocenters. The molecule has 3 aliphatic heterocycles. The number of fused-ring (bicyclic) bond motifs is 2. The summed E-state index contributed by atoms with van der Waals surface area (Å²) in [7, 11) is 0. The summed E-state index contributed by atoms with van der Waals surface area (Å²) in [5, 5.41) is 0.867. The Bertz CT molecular complexity index is 892. The minimum atomic E-state index is -0.540. The number of carbonyl (C=O) groups is 1. The first kappa shape index (κ1) is 13.3. The van der Waals surface area contributed by atoms with E-state index in [9.17, 15) is 9.59 Å². The second-order valence-corrected chi connectivity index (χ2v) is 6.61. The average Bonchev–Trinajstić information content (AvgIpc) is 3.40. The molecule has 0 bridgehead atoms. The standard InChI is InChI=1S/C18H17NO4/c20-16(14-9-22-14)13-8-11-7-10-3-1-5-19-6-2-4-12(15(10)19)17(11)23-18(13)21/h7-8,14H,1-6,9H2. The van der Waals surface area contributed by atoms with Crippen molar-refractivity contribution in [3.8, 4) is 0 Å². The highest BCUT2D eigenvalue weighted by molar-refractivity contribution is 6.03. The number of epoxide rings is 1. The van der Waals surface area contributed by atoms with Crippen molar-refractivity contribution >= 4 is 22.4 Å². The molecule has 0 saturated carbocycles. The number of carbonyl (C=O) groups excluding carboxylic acids is 1. The second-order valence-electron chi connectivity index (χ2n) is 6.61. The fourth-order valence-corrected chi connectivity index (χ4v) is 3.99. The van der Waals surface area contributed by atoms with Crippen molar-refractivity contribution < 1.29 is 13.9 Å². The monoisotopic (exact) mass is 311 g/mol. The van der Waals surface area contributed by atoms with Gasteiger partial charge in [0.15, 0.2) is 0 Å². The van der Waals surface area contributed by atoms with Gasteiger partial charge in [0.05, 0.1) is 6.61 Å². The summed E-state index contributed by atoms with van der Waals surface area (Å²) >= 11 is 0. The molecule has 3 aliphatic rings. The number of rotatable bonds is 2. The quantitative estimate of drug-likeness (QED) is 0.483. The van der Waals surface area contributed by atoms with Crippen molar-refractivity contribution in [2.45, 2.75) is 31.8 Å². The van der Waals surface area contributed by atoms with Gasteiger partial charge in [-0.25, -0.2) is 4.79 Å². The number of benzene rings is 1. The van der Waals surface area contributed by atoms with E-state index < -0.39 is 11.7 Å². The lowest BCUT2D eigenvalue weighted by Crippen LogP contribution is -2.34. The topological polar surface area (TPSA) is 63.1 Å². The summed E-state index contributed by atoms with van der Waals surface area (Å²) in [6, 6.07) is 3.80. The van der Waals surface area contributed by atoms with Crippen LogP contribution in [0.4, 0.5) is 5.69 Å². The van der Waals surface area contributed by atoms with Crippen LogP contribution in [0.25, 0.3) is 11.0 Å². The van der Waals surface area contributed by atoms with Crippen LogP contribution in [0.2, 0.25) is 0 Å². The molecule has 23 heavy (non-hydrogen) atoms. The normalized spacial score (nSPS) is 22.1. The summed E-state index contributed by atoms with van der Waals surface area (Å²) in [5.41, 5.74) is 3.96. The number of aryl methyl sites for hydroxylation is 2. The van der Waals surface area contributed by atoms with Crippen LogP contribution in [0.3, 0.4) is 0 Å². The molecular weight excluding hydrogens is 294 g/mol. The summed E-state index contributed by atoms with van der Waals surface area (Å²) < 4.78 is 10.6. The van der Waals surface area contributed by atoms with Crippen molar-refractivity contribution in [1.29, 1.82) is 0 Å². The molecule has 1 aromatic carbocycles. The van der Waals surface area contributed by atoms with Gasteiger partial charge in [-0.1, -0.05) is 0 Å². The van der Waals surface area contributed by atoms with Gasteiger partial charge in [0.2, 0.25) is 5.78 Å². The van der Waals surface area contributed by atoms with E-state index in [0.29, 0.717) is 12.2 Å². The molecule has 5 rings (SSSR count). The Morgan fingerprint density at radius 2 is 1.96 bits per heavy atom. The number of hydrogen-bond donors (Lipinski definition) is 0. The minimum absolute atomic E-state index is 0.121. The Balaban J connectivity index is 1.77. The van der Waals surface area contributed by atoms with E-state index in [0.717, 1.165) is 49.7 Å². The lowest BCUT2D eigenvalue weighted by molar-refractivity contribution is 0.0950. The maximum atomic E-state index is 12.3. The van der Waals surface area contributed by atoms with Gasteiger partial charge in [-0.05, 0) is 43.4 Å². The molecule has 118 valence electrons. The fraction of sp³-hybridized carbons (Fsp3) is 0.444. The first-order valence-electron chi connectivity index (χ1n) is 8.26. The molecule has 1 saturated heterocycles. The predicted molar refractivity (Wildman–Crippen MR) is 85.4 cm³/mol. The third kappa shape index (κ3) is 1.96. The number of nitrogens with zero attached hydrogens (tertiary/aromatic N) is 1. The Morgan fingerprint density at radius 1 is 1.17 bits per heavy atom. The van der Waals surface area contributed by atoms with Crippen molar-refractivity contribution in [2.24, 2.45) is 0 Å². The smallest absolute Gasteiger partial charge is 0.347 e. The maximum absolute atomic E-state index is 12.3. The summed E-state index contributed by atoms with van der Waals surface area (Å²) in [5.74, 6) is -0.256.